The average molecular weight is 343 g/mol. The van der Waals surface area contributed by atoms with E-state index in [0.717, 1.165) is 11.8 Å². The summed E-state index contributed by atoms with van der Waals surface area (Å²) < 4.78 is 40.8. The molecule has 0 saturated heterocycles. The number of alkyl halides is 3. The lowest BCUT2D eigenvalue weighted by molar-refractivity contribution is -0.141. The molecule has 0 radical (unpaired) electrons. The lowest BCUT2D eigenvalue weighted by Gasteiger charge is -2.07. The molecule has 0 atom stereocenters. The van der Waals surface area contributed by atoms with Gasteiger partial charge in [-0.05, 0) is 33.3 Å². The van der Waals surface area contributed by atoms with Gasteiger partial charge in [-0.15, -0.1) is 0 Å². The van der Waals surface area contributed by atoms with Crippen LogP contribution in [-0.2, 0) is 19.3 Å². The van der Waals surface area contributed by atoms with E-state index in [4.69, 9.17) is 0 Å². The number of aromatic nitrogens is 4. The van der Waals surface area contributed by atoms with Crippen molar-refractivity contribution < 1.29 is 18.0 Å². The van der Waals surface area contributed by atoms with E-state index >= 15 is 0 Å². The fourth-order valence-electron chi connectivity index (χ4n) is 2.39. The van der Waals surface area contributed by atoms with E-state index in [1.807, 2.05) is 13.8 Å². The van der Waals surface area contributed by atoms with Crippen LogP contribution in [0.4, 0.5) is 13.2 Å². The van der Waals surface area contributed by atoms with Gasteiger partial charge in [-0.3, -0.25) is 14.2 Å². The van der Waals surface area contributed by atoms with Gasteiger partial charge in [-0.2, -0.15) is 23.4 Å². The largest absolute Gasteiger partial charge is 0.435 e. The van der Waals surface area contributed by atoms with Gasteiger partial charge >= 0.3 is 6.18 Å². The molecule has 1 N–H and O–H groups in total. The van der Waals surface area contributed by atoms with Crippen LogP contribution in [0.25, 0.3) is 0 Å². The molecule has 0 aliphatic rings. The number of rotatable bonds is 6. The predicted molar refractivity (Wildman–Crippen MR) is 81.6 cm³/mol. The Labute approximate surface area is 137 Å². The Bertz CT molecular complexity index is 717. The summed E-state index contributed by atoms with van der Waals surface area (Å²) >= 11 is 0. The van der Waals surface area contributed by atoms with E-state index in [1.54, 1.807) is 11.6 Å². The van der Waals surface area contributed by atoms with E-state index in [-0.39, 0.29) is 5.91 Å². The van der Waals surface area contributed by atoms with Crippen LogP contribution in [0.15, 0.2) is 12.3 Å². The maximum absolute atomic E-state index is 12.6. The highest BCUT2D eigenvalue weighted by Crippen LogP contribution is 2.28. The van der Waals surface area contributed by atoms with Crippen molar-refractivity contribution >= 4 is 5.91 Å². The van der Waals surface area contributed by atoms with Crippen molar-refractivity contribution in [1.29, 1.82) is 0 Å². The summed E-state index contributed by atoms with van der Waals surface area (Å²) in [6.07, 6.45) is -2.45. The third-order valence-electron chi connectivity index (χ3n) is 3.75. The van der Waals surface area contributed by atoms with Crippen LogP contribution >= 0.6 is 0 Å². The summed E-state index contributed by atoms with van der Waals surface area (Å²) in [5, 5.41) is 10.4. The summed E-state index contributed by atoms with van der Waals surface area (Å²) in [5.41, 5.74) is 0.833. The highest BCUT2D eigenvalue weighted by atomic mass is 19.4. The van der Waals surface area contributed by atoms with Gasteiger partial charge in [-0.1, -0.05) is 0 Å². The van der Waals surface area contributed by atoms with Crippen LogP contribution < -0.4 is 5.32 Å². The highest BCUT2D eigenvalue weighted by Gasteiger charge is 2.34. The molecule has 6 nitrogen and oxygen atoms in total. The Kier molecular flexibility index (Phi) is 5.30. The van der Waals surface area contributed by atoms with Crippen molar-refractivity contribution in [2.24, 2.45) is 0 Å². The van der Waals surface area contributed by atoms with E-state index < -0.39 is 11.9 Å². The molecule has 2 aromatic heterocycles. The van der Waals surface area contributed by atoms with Crippen molar-refractivity contribution in [1.82, 2.24) is 24.9 Å². The number of nitrogens with zero attached hydrogens (tertiary/aromatic N) is 4. The number of nitrogens with one attached hydrogen (secondary N) is 1. The quantitative estimate of drug-likeness (QED) is 0.820. The molecule has 0 bridgehead atoms. The Morgan fingerprint density at radius 2 is 2.00 bits per heavy atom. The molecule has 0 unspecified atom stereocenters. The lowest BCUT2D eigenvalue weighted by Crippen LogP contribution is -2.26. The number of carbonyl (C=O) groups is 1. The molecule has 2 aromatic rings. The maximum Gasteiger partial charge on any atom is 0.435 e. The minimum Gasteiger partial charge on any atom is -0.352 e. The van der Waals surface area contributed by atoms with Gasteiger partial charge in [0.2, 0.25) is 0 Å². The first-order chi connectivity index (χ1) is 11.2. The molecule has 0 fully saturated rings. The minimum absolute atomic E-state index is 0.236. The second-order valence-corrected chi connectivity index (χ2v) is 5.46. The number of hydrogen-bond donors (Lipinski definition) is 1. The number of aryl methyl sites for hydroxylation is 3. The molecule has 24 heavy (non-hydrogen) atoms. The zero-order chi connectivity index (χ0) is 17.9. The SMILES string of the molecule is CCn1ncc(C(=O)NCCCn2nc(C(F)(F)F)cc2C)c1C. The van der Waals surface area contributed by atoms with Crippen LogP contribution in [0.3, 0.4) is 0 Å². The number of carbonyl (C=O) groups excluding carboxylic acids is 1. The second kappa shape index (κ2) is 7.06. The van der Waals surface area contributed by atoms with Gasteiger partial charge in [0, 0.05) is 31.0 Å². The zero-order valence-electron chi connectivity index (χ0n) is 13.8. The van der Waals surface area contributed by atoms with Gasteiger partial charge in [0.15, 0.2) is 5.69 Å². The van der Waals surface area contributed by atoms with E-state index in [2.05, 4.69) is 15.5 Å². The maximum atomic E-state index is 12.6. The first-order valence-corrected chi connectivity index (χ1v) is 7.66. The topological polar surface area (TPSA) is 64.7 Å². The van der Waals surface area contributed by atoms with Crippen LogP contribution in [0.5, 0.6) is 0 Å². The van der Waals surface area contributed by atoms with Gasteiger partial charge in [-0.25, -0.2) is 0 Å². The first kappa shape index (κ1) is 18.0. The molecule has 1 amide bonds. The molecule has 0 aromatic carbocycles. The van der Waals surface area contributed by atoms with Crippen molar-refractivity contribution in [2.45, 2.75) is 46.5 Å². The van der Waals surface area contributed by atoms with Gasteiger partial charge in [0.25, 0.3) is 5.91 Å². The normalized spacial score (nSPS) is 11.8. The fraction of sp³-hybridized carbons (Fsp3) is 0.533. The van der Waals surface area contributed by atoms with E-state index in [9.17, 15) is 18.0 Å². The van der Waals surface area contributed by atoms with Gasteiger partial charge in [0.1, 0.15) is 0 Å². The Balaban J connectivity index is 1.86. The van der Waals surface area contributed by atoms with Gasteiger partial charge in [0.05, 0.1) is 11.8 Å². The molecule has 0 saturated carbocycles. The van der Waals surface area contributed by atoms with Gasteiger partial charge < -0.3 is 5.32 Å². The monoisotopic (exact) mass is 343 g/mol. The number of hydrogen-bond acceptors (Lipinski definition) is 3. The van der Waals surface area contributed by atoms with Crippen LogP contribution in [0, 0.1) is 13.8 Å². The standard InChI is InChI=1S/C15H20F3N5O/c1-4-22-11(3)12(9-20-22)14(24)19-6-5-7-23-10(2)8-13(21-23)15(16,17)18/h8-9H,4-7H2,1-3H3,(H,19,24). The van der Waals surface area contributed by atoms with Crippen LogP contribution in [-0.4, -0.2) is 32.0 Å². The molecule has 2 rings (SSSR count). The smallest absolute Gasteiger partial charge is 0.352 e. The predicted octanol–water partition coefficient (Wildman–Crippen LogP) is 2.56. The summed E-state index contributed by atoms with van der Waals surface area (Å²) in [6, 6.07) is 1.01. The van der Waals surface area contributed by atoms with Crippen molar-refractivity contribution in [2.75, 3.05) is 6.54 Å². The van der Waals surface area contributed by atoms with E-state index in [0.29, 0.717) is 37.3 Å². The van der Waals surface area contributed by atoms with Crippen LogP contribution in [0.2, 0.25) is 0 Å². The second-order valence-electron chi connectivity index (χ2n) is 5.46. The third kappa shape index (κ3) is 3.95. The molecule has 2 heterocycles. The zero-order valence-corrected chi connectivity index (χ0v) is 13.8. The fourth-order valence-corrected chi connectivity index (χ4v) is 2.39. The minimum atomic E-state index is -4.44. The third-order valence-corrected chi connectivity index (χ3v) is 3.75. The Morgan fingerprint density at radius 3 is 2.54 bits per heavy atom. The number of amides is 1. The molecule has 9 heteroatoms. The van der Waals surface area contributed by atoms with Crippen molar-refractivity contribution in [3.8, 4) is 0 Å². The van der Waals surface area contributed by atoms with Crippen molar-refractivity contribution in [3.05, 3.63) is 34.9 Å². The molecular weight excluding hydrogens is 323 g/mol. The summed E-state index contributed by atoms with van der Waals surface area (Å²) in [6.45, 7) is 6.65. The molecule has 0 spiro atoms. The average Bonchev–Trinajstić information content (AvgIpc) is 3.06. The summed E-state index contributed by atoms with van der Waals surface area (Å²) in [4.78, 5) is 12.1. The lowest BCUT2D eigenvalue weighted by atomic mass is 10.2. The highest BCUT2D eigenvalue weighted by molar-refractivity contribution is 5.94. The van der Waals surface area contributed by atoms with Crippen LogP contribution in [0.1, 0.15) is 40.8 Å². The van der Waals surface area contributed by atoms with E-state index in [1.165, 1.54) is 10.9 Å². The Morgan fingerprint density at radius 1 is 1.29 bits per heavy atom. The molecule has 0 aliphatic heterocycles. The van der Waals surface area contributed by atoms with Crippen molar-refractivity contribution in [3.63, 3.8) is 0 Å². The molecular formula is C15H20F3N5O. The molecule has 132 valence electrons. The summed E-state index contributed by atoms with van der Waals surface area (Å²) in [5.74, 6) is -0.236. The summed E-state index contributed by atoms with van der Waals surface area (Å²) in [7, 11) is 0. The first-order valence-electron chi connectivity index (χ1n) is 7.66. The molecule has 0 aliphatic carbocycles. The Hall–Kier alpha value is -2.32. The number of halogens is 3.